The van der Waals surface area contributed by atoms with Crippen LogP contribution in [0, 0.1) is 0 Å². The van der Waals surface area contributed by atoms with Crippen LogP contribution in [-0.2, 0) is 21.7 Å². The number of benzene rings is 2. The quantitative estimate of drug-likeness (QED) is 0.666. The molecule has 9 heteroatoms. The normalized spacial score (nSPS) is 14.0. The highest BCUT2D eigenvalue weighted by atomic mass is 32.2. The van der Waals surface area contributed by atoms with Gasteiger partial charge < -0.3 is 14.0 Å². The molecule has 0 saturated carbocycles. The molecule has 1 aromatic heterocycles. The number of sulfone groups is 1. The van der Waals surface area contributed by atoms with Crippen LogP contribution in [0.15, 0.2) is 52.4 Å². The van der Waals surface area contributed by atoms with Gasteiger partial charge in [0.25, 0.3) is 0 Å². The monoisotopic (exact) mass is 404 g/mol. The fraction of sp³-hybridized carbons (Fsp3) is 0.222. The van der Waals surface area contributed by atoms with Crippen LogP contribution in [-0.4, -0.2) is 31.4 Å². The summed E-state index contributed by atoms with van der Waals surface area (Å²) < 4.78 is 38.0. The van der Waals surface area contributed by atoms with Gasteiger partial charge in [0.2, 0.25) is 12.7 Å². The SMILES string of the molecule is Cn1c(=NC(=O)CCS(=O)(=O)c2ccccc2)sc2cc3c(cc21)OCO3. The van der Waals surface area contributed by atoms with Crippen molar-refractivity contribution in [3.8, 4) is 11.5 Å². The molecule has 2 heterocycles. The van der Waals surface area contributed by atoms with Gasteiger partial charge in [0, 0.05) is 25.6 Å². The Labute approximate surface area is 159 Å². The summed E-state index contributed by atoms with van der Waals surface area (Å²) in [4.78, 5) is 17.0. The predicted molar refractivity (Wildman–Crippen MR) is 101 cm³/mol. The molecule has 3 aromatic rings. The average Bonchev–Trinajstić information content (AvgIpc) is 3.24. The Hall–Kier alpha value is -2.65. The van der Waals surface area contributed by atoms with E-state index in [0.29, 0.717) is 16.3 Å². The number of hydrogen-bond acceptors (Lipinski definition) is 6. The number of carbonyl (C=O) groups is 1. The first kappa shape index (κ1) is 17.7. The van der Waals surface area contributed by atoms with E-state index in [1.807, 2.05) is 12.1 Å². The number of amides is 1. The molecule has 1 aliphatic heterocycles. The summed E-state index contributed by atoms with van der Waals surface area (Å²) in [6.45, 7) is 0.196. The molecule has 7 nitrogen and oxygen atoms in total. The van der Waals surface area contributed by atoms with E-state index in [9.17, 15) is 13.2 Å². The second kappa shape index (κ2) is 6.82. The fourth-order valence-corrected chi connectivity index (χ4v) is 5.05. The zero-order valence-corrected chi connectivity index (χ0v) is 16.0. The maximum atomic E-state index is 12.3. The van der Waals surface area contributed by atoms with Gasteiger partial charge in [0.15, 0.2) is 26.1 Å². The van der Waals surface area contributed by atoms with Gasteiger partial charge in [-0.15, -0.1) is 0 Å². The molecule has 0 radical (unpaired) electrons. The van der Waals surface area contributed by atoms with Crippen LogP contribution >= 0.6 is 11.3 Å². The molecule has 1 aliphatic rings. The molecule has 0 saturated heterocycles. The Morgan fingerprint density at radius 3 is 2.63 bits per heavy atom. The van der Waals surface area contributed by atoms with Crippen molar-refractivity contribution < 1.29 is 22.7 Å². The van der Waals surface area contributed by atoms with E-state index in [4.69, 9.17) is 9.47 Å². The van der Waals surface area contributed by atoms with Gasteiger partial charge in [0.05, 0.1) is 20.9 Å². The van der Waals surface area contributed by atoms with E-state index in [-0.39, 0.29) is 23.9 Å². The molecule has 0 fully saturated rings. The molecular formula is C18H16N2O5S2. The first-order valence-electron chi connectivity index (χ1n) is 8.18. The Morgan fingerprint density at radius 1 is 1.19 bits per heavy atom. The van der Waals surface area contributed by atoms with E-state index in [0.717, 1.165) is 10.2 Å². The minimum absolute atomic E-state index is 0.172. The Morgan fingerprint density at radius 2 is 1.89 bits per heavy atom. The van der Waals surface area contributed by atoms with Gasteiger partial charge >= 0.3 is 0 Å². The molecule has 0 unspecified atom stereocenters. The van der Waals surface area contributed by atoms with Gasteiger partial charge in [-0.05, 0) is 12.1 Å². The van der Waals surface area contributed by atoms with Crippen LogP contribution in [0.4, 0.5) is 0 Å². The average molecular weight is 404 g/mol. The largest absolute Gasteiger partial charge is 0.454 e. The summed E-state index contributed by atoms with van der Waals surface area (Å²) in [6.07, 6.45) is -0.172. The van der Waals surface area contributed by atoms with Crippen LogP contribution in [0.3, 0.4) is 0 Å². The Balaban J connectivity index is 1.57. The van der Waals surface area contributed by atoms with Crippen molar-refractivity contribution in [2.24, 2.45) is 12.0 Å². The Kier molecular flexibility index (Phi) is 4.48. The highest BCUT2D eigenvalue weighted by Crippen LogP contribution is 2.36. The summed E-state index contributed by atoms with van der Waals surface area (Å²) in [5.74, 6) is 0.569. The second-order valence-electron chi connectivity index (χ2n) is 6.00. The molecule has 1 amide bonds. The van der Waals surface area contributed by atoms with Gasteiger partial charge in [0.1, 0.15) is 0 Å². The lowest BCUT2D eigenvalue weighted by Gasteiger charge is -2.02. The van der Waals surface area contributed by atoms with Gasteiger partial charge in [-0.25, -0.2) is 8.42 Å². The lowest BCUT2D eigenvalue weighted by Crippen LogP contribution is -2.15. The number of nitrogens with zero attached hydrogens (tertiary/aromatic N) is 2. The third kappa shape index (κ3) is 3.47. The smallest absolute Gasteiger partial charge is 0.249 e. The number of hydrogen-bond donors (Lipinski definition) is 0. The van der Waals surface area contributed by atoms with Gasteiger partial charge in [-0.2, -0.15) is 4.99 Å². The van der Waals surface area contributed by atoms with Gasteiger partial charge in [-0.3, -0.25) is 4.79 Å². The third-order valence-corrected chi connectivity index (χ3v) is 7.04. The van der Waals surface area contributed by atoms with Crippen molar-refractivity contribution in [1.29, 1.82) is 0 Å². The number of carbonyl (C=O) groups excluding carboxylic acids is 1. The van der Waals surface area contributed by atoms with Crippen LogP contribution in [0.1, 0.15) is 6.42 Å². The van der Waals surface area contributed by atoms with Gasteiger partial charge in [-0.1, -0.05) is 29.5 Å². The predicted octanol–water partition coefficient (Wildman–Crippen LogP) is 2.26. The summed E-state index contributed by atoms with van der Waals surface area (Å²) in [6, 6.07) is 11.8. The lowest BCUT2D eigenvalue weighted by atomic mass is 10.3. The van der Waals surface area contributed by atoms with Crippen molar-refractivity contribution in [2.45, 2.75) is 11.3 Å². The number of aryl methyl sites for hydroxylation is 1. The topological polar surface area (TPSA) is 87.0 Å². The minimum Gasteiger partial charge on any atom is -0.454 e. The van der Waals surface area contributed by atoms with Crippen molar-refractivity contribution >= 4 is 37.3 Å². The van der Waals surface area contributed by atoms with Crippen LogP contribution in [0.25, 0.3) is 10.2 Å². The van der Waals surface area contributed by atoms with E-state index in [1.165, 1.54) is 23.5 Å². The zero-order valence-electron chi connectivity index (χ0n) is 14.4. The number of aromatic nitrogens is 1. The summed E-state index contributed by atoms with van der Waals surface area (Å²) in [7, 11) is -1.71. The maximum Gasteiger partial charge on any atom is 0.249 e. The van der Waals surface area contributed by atoms with Crippen molar-refractivity contribution in [2.75, 3.05) is 12.5 Å². The molecule has 0 spiro atoms. The third-order valence-electron chi connectivity index (χ3n) is 4.21. The van der Waals surface area contributed by atoms with Crippen LogP contribution in [0.2, 0.25) is 0 Å². The molecule has 0 aliphatic carbocycles. The van der Waals surface area contributed by atoms with Crippen molar-refractivity contribution in [3.05, 3.63) is 47.3 Å². The Bertz CT molecular complexity index is 1190. The lowest BCUT2D eigenvalue weighted by molar-refractivity contribution is -0.117. The molecular weight excluding hydrogens is 388 g/mol. The number of rotatable bonds is 4. The first-order valence-corrected chi connectivity index (χ1v) is 10.7. The zero-order chi connectivity index (χ0) is 19.0. The molecule has 2 aromatic carbocycles. The minimum atomic E-state index is -3.51. The van der Waals surface area contributed by atoms with E-state index in [1.54, 1.807) is 29.8 Å². The summed E-state index contributed by atoms with van der Waals surface area (Å²) in [5.41, 5.74) is 0.868. The molecule has 0 N–H and O–H groups in total. The molecule has 4 rings (SSSR count). The molecule has 140 valence electrons. The number of ether oxygens (including phenoxy) is 2. The van der Waals surface area contributed by atoms with Crippen molar-refractivity contribution in [3.63, 3.8) is 0 Å². The number of thiazole rings is 1. The number of fused-ring (bicyclic) bond motifs is 2. The molecule has 0 bridgehead atoms. The van der Waals surface area contributed by atoms with Crippen LogP contribution in [0.5, 0.6) is 11.5 Å². The summed E-state index contributed by atoms with van der Waals surface area (Å²) >= 11 is 1.34. The van der Waals surface area contributed by atoms with Crippen molar-refractivity contribution in [1.82, 2.24) is 4.57 Å². The molecule has 27 heavy (non-hydrogen) atoms. The molecule has 0 atom stereocenters. The van der Waals surface area contributed by atoms with E-state index in [2.05, 4.69) is 4.99 Å². The highest BCUT2D eigenvalue weighted by molar-refractivity contribution is 7.91. The summed E-state index contributed by atoms with van der Waals surface area (Å²) in [5, 5.41) is 0. The fourth-order valence-electron chi connectivity index (χ4n) is 2.75. The van der Waals surface area contributed by atoms with E-state index >= 15 is 0 Å². The van der Waals surface area contributed by atoms with Crippen LogP contribution < -0.4 is 14.3 Å². The second-order valence-corrected chi connectivity index (χ2v) is 9.12. The highest BCUT2D eigenvalue weighted by Gasteiger charge is 2.18. The van der Waals surface area contributed by atoms with E-state index < -0.39 is 15.7 Å². The first-order chi connectivity index (χ1) is 12.9. The standard InChI is InChI=1S/C18H16N2O5S2/c1-20-13-9-14-15(25-11-24-14)10-16(13)26-18(20)19-17(21)7-8-27(22,23)12-5-3-2-4-6-12/h2-6,9-10H,7-8,11H2,1H3. The maximum absolute atomic E-state index is 12.3.